The minimum Gasteiger partial charge on any atom is -0.479 e. The van der Waals surface area contributed by atoms with Gasteiger partial charge >= 0.3 is 12.3 Å². The Morgan fingerprint density at radius 1 is 1.71 bits per heavy atom. The molecule has 0 radical (unpaired) electrons. The van der Waals surface area contributed by atoms with Crippen molar-refractivity contribution in [1.82, 2.24) is 5.01 Å². The van der Waals surface area contributed by atoms with E-state index in [1.165, 1.54) is 0 Å². The Hall–Kier alpha value is -1.31. The Morgan fingerprint density at radius 2 is 2.29 bits per heavy atom. The van der Waals surface area contributed by atoms with E-state index in [2.05, 4.69) is 9.84 Å². The van der Waals surface area contributed by atoms with E-state index in [1.54, 1.807) is 0 Å². The van der Waals surface area contributed by atoms with E-state index in [0.29, 0.717) is 6.21 Å². The molecule has 0 saturated carbocycles. The maximum absolute atomic E-state index is 12.1. The van der Waals surface area contributed by atoms with E-state index in [1.807, 2.05) is 0 Å². The highest BCUT2D eigenvalue weighted by atomic mass is 19.4. The fourth-order valence-corrected chi connectivity index (χ4v) is 0.950. The minimum atomic E-state index is -4.69. The van der Waals surface area contributed by atoms with Crippen molar-refractivity contribution >= 4 is 12.2 Å². The SMILES string of the molecule is COC1(C(=O)O)C=NN(C(F)(F)F)C1. The molecule has 5 nitrogen and oxygen atoms in total. The first-order valence-electron chi connectivity index (χ1n) is 3.50. The number of rotatable bonds is 2. The first-order valence-corrected chi connectivity index (χ1v) is 3.50. The second kappa shape index (κ2) is 3.12. The predicted molar refractivity (Wildman–Crippen MR) is 38.6 cm³/mol. The maximum Gasteiger partial charge on any atom is 0.500 e. The van der Waals surface area contributed by atoms with Gasteiger partial charge in [0.2, 0.25) is 5.60 Å². The average Bonchev–Trinajstić information content (AvgIpc) is 2.47. The number of carboxylic acid groups (broad SMARTS) is 1. The smallest absolute Gasteiger partial charge is 0.479 e. The molecule has 1 heterocycles. The summed E-state index contributed by atoms with van der Waals surface area (Å²) in [5, 5.41) is 11.3. The molecule has 1 aliphatic rings. The lowest BCUT2D eigenvalue weighted by molar-refractivity contribution is -0.249. The van der Waals surface area contributed by atoms with Gasteiger partial charge in [0.25, 0.3) is 0 Å². The van der Waals surface area contributed by atoms with Crippen LogP contribution in [0.2, 0.25) is 0 Å². The molecule has 1 atom stereocenters. The molecule has 0 aromatic heterocycles. The zero-order chi connectivity index (χ0) is 11.0. The Morgan fingerprint density at radius 3 is 2.50 bits per heavy atom. The third-order valence-corrected chi connectivity index (χ3v) is 1.81. The van der Waals surface area contributed by atoms with Crippen LogP contribution in [0.25, 0.3) is 0 Å². The summed E-state index contributed by atoms with van der Waals surface area (Å²) in [6.45, 7) is -0.873. The zero-order valence-corrected chi connectivity index (χ0v) is 7.08. The Labute approximate surface area is 76.7 Å². The van der Waals surface area contributed by atoms with Crippen LogP contribution in [0, 0.1) is 0 Å². The van der Waals surface area contributed by atoms with Crippen LogP contribution in [0.3, 0.4) is 0 Å². The van der Waals surface area contributed by atoms with Crippen LogP contribution < -0.4 is 0 Å². The number of halogens is 3. The number of alkyl halides is 3. The molecule has 14 heavy (non-hydrogen) atoms. The Kier molecular flexibility index (Phi) is 2.40. The fraction of sp³-hybridized carbons (Fsp3) is 0.667. The summed E-state index contributed by atoms with van der Waals surface area (Å²) in [7, 11) is 1.01. The van der Waals surface area contributed by atoms with Crippen molar-refractivity contribution in [1.29, 1.82) is 0 Å². The Bertz CT molecular complexity index is 278. The molecule has 0 spiro atoms. The third-order valence-electron chi connectivity index (χ3n) is 1.81. The molecule has 0 aliphatic carbocycles. The molecular formula is C6H7F3N2O3. The summed E-state index contributed by atoms with van der Waals surface area (Å²) in [6.07, 6.45) is -4.06. The minimum absolute atomic E-state index is 0.287. The molecule has 1 N–H and O–H groups in total. The van der Waals surface area contributed by atoms with Crippen LogP contribution >= 0.6 is 0 Å². The summed E-state index contributed by atoms with van der Waals surface area (Å²) in [5.41, 5.74) is -2.00. The standard InChI is InChI=1S/C6H7F3N2O3/c1-14-5(4(12)13)2-10-11(3-5)6(7,8)9/h2H,3H2,1H3,(H,12,13). The van der Waals surface area contributed by atoms with Crippen molar-refractivity contribution in [3.63, 3.8) is 0 Å². The first kappa shape index (κ1) is 10.8. The number of hydrazone groups is 1. The lowest BCUT2D eigenvalue weighted by Crippen LogP contribution is -2.48. The maximum atomic E-state index is 12.1. The van der Waals surface area contributed by atoms with Gasteiger partial charge in [0.05, 0.1) is 12.8 Å². The number of nitrogens with zero attached hydrogens (tertiary/aromatic N) is 2. The van der Waals surface area contributed by atoms with E-state index < -0.39 is 24.4 Å². The molecular weight excluding hydrogens is 205 g/mol. The number of aliphatic carboxylic acids is 1. The number of carboxylic acids is 1. The molecule has 80 valence electrons. The zero-order valence-electron chi connectivity index (χ0n) is 7.08. The highest BCUT2D eigenvalue weighted by molar-refractivity contribution is 5.99. The number of hydrogen-bond acceptors (Lipinski definition) is 4. The van der Waals surface area contributed by atoms with E-state index in [0.717, 1.165) is 7.11 Å². The largest absolute Gasteiger partial charge is 0.500 e. The molecule has 1 aliphatic heterocycles. The normalized spacial score (nSPS) is 27.0. The molecule has 0 aromatic carbocycles. The summed E-state index contributed by atoms with van der Waals surface area (Å²) in [4.78, 5) is 10.6. The summed E-state index contributed by atoms with van der Waals surface area (Å²) >= 11 is 0. The van der Waals surface area contributed by atoms with Gasteiger partial charge in [-0.05, 0) is 0 Å². The van der Waals surface area contributed by atoms with Crippen molar-refractivity contribution in [3.8, 4) is 0 Å². The summed E-state index contributed by atoms with van der Waals surface area (Å²) in [5.74, 6) is -1.50. The van der Waals surface area contributed by atoms with Gasteiger partial charge in [-0.15, -0.1) is 13.2 Å². The van der Waals surface area contributed by atoms with Gasteiger partial charge in [0.15, 0.2) is 0 Å². The van der Waals surface area contributed by atoms with Gasteiger partial charge in [0.1, 0.15) is 0 Å². The first-order chi connectivity index (χ1) is 6.32. The van der Waals surface area contributed by atoms with Crippen LogP contribution in [0.15, 0.2) is 5.10 Å². The topological polar surface area (TPSA) is 62.1 Å². The van der Waals surface area contributed by atoms with Crippen LogP contribution in [-0.4, -0.2) is 47.9 Å². The van der Waals surface area contributed by atoms with Gasteiger partial charge in [-0.2, -0.15) is 5.10 Å². The molecule has 1 rings (SSSR count). The van der Waals surface area contributed by atoms with Gasteiger partial charge in [-0.3, -0.25) is 0 Å². The number of methoxy groups -OCH3 is 1. The van der Waals surface area contributed by atoms with Crippen molar-refractivity contribution in [2.24, 2.45) is 5.10 Å². The molecule has 0 fully saturated rings. The predicted octanol–water partition coefficient (Wildman–Crippen LogP) is 0.277. The van der Waals surface area contributed by atoms with Gasteiger partial charge in [0, 0.05) is 7.11 Å². The van der Waals surface area contributed by atoms with Crippen molar-refractivity contribution in [2.75, 3.05) is 13.7 Å². The highest BCUT2D eigenvalue weighted by Crippen LogP contribution is 2.28. The molecule has 0 saturated heterocycles. The summed E-state index contributed by atoms with van der Waals surface area (Å²) in [6, 6.07) is 0. The number of ether oxygens (including phenoxy) is 1. The Balaban J connectivity index is 2.84. The van der Waals surface area contributed by atoms with Crippen LogP contribution in [0.5, 0.6) is 0 Å². The van der Waals surface area contributed by atoms with Crippen molar-refractivity contribution < 1.29 is 27.8 Å². The van der Waals surface area contributed by atoms with E-state index in [4.69, 9.17) is 5.11 Å². The second-order valence-corrected chi connectivity index (χ2v) is 2.67. The molecule has 0 bridgehead atoms. The summed E-state index contributed by atoms with van der Waals surface area (Å²) < 4.78 is 40.7. The molecule has 0 amide bonds. The lowest BCUT2D eigenvalue weighted by Gasteiger charge is -2.23. The monoisotopic (exact) mass is 212 g/mol. The quantitative estimate of drug-likeness (QED) is 0.667. The van der Waals surface area contributed by atoms with Crippen LogP contribution in [0.4, 0.5) is 13.2 Å². The third kappa shape index (κ3) is 1.65. The second-order valence-electron chi connectivity index (χ2n) is 2.67. The van der Waals surface area contributed by atoms with Crippen LogP contribution in [0.1, 0.15) is 0 Å². The van der Waals surface area contributed by atoms with Crippen molar-refractivity contribution in [2.45, 2.75) is 11.9 Å². The van der Waals surface area contributed by atoms with E-state index >= 15 is 0 Å². The fourth-order valence-electron chi connectivity index (χ4n) is 0.950. The highest BCUT2D eigenvalue weighted by Gasteiger charge is 2.50. The van der Waals surface area contributed by atoms with Crippen molar-refractivity contribution in [3.05, 3.63) is 0 Å². The molecule has 1 unspecified atom stereocenters. The van der Waals surface area contributed by atoms with Gasteiger partial charge < -0.3 is 9.84 Å². The average molecular weight is 212 g/mol. The van der Waals surface area contributed by atoms with E-state index in [-0.39, 0.29) is 5.01 Å². The number of carbonyl (C=O) groups is 1. The van der Waals surface area contributed by atoms with E-state index in [9.17, 15) is 18.0 Å². The molecule has 0 aromatic rings. The number of hydrogen-bond donors (Lipinski definition) is 1. The van der Waals surface area contributed by atoms with Gasteiger partial charge in [-0.1, -0.05) is 0 Å². The molecule has 8 heteroatoms. The van der Waals surface area contributed by atoms with Gasteiger partial charge in [-0.25, -0.2) is 9.80 Å². The lowest BCUT2D eigenvalue weighted by atomic mass is 10.1. The van der Waals surface area contributed by atoms with Crippen LogP contribution in [-0.2, 0) is 9.53 Å².